The van der Waals surface area contributed by atoms with E-state index in [2.05, 4.69) is 193 Å². The molecule has 1 heterocycles. The van der Waals surface area contributed by atoms with Crippen molar-refractivity contribution in [3.05, 3.63) is 188 Å². The molecule has 0 spiro atoms. The monoisotopic (exact) mass is 661 g/mol. The standard InChI is InChI=1S/C50H31NO/c1-4-12-40-32(9-1)17-18-36-29-38(24-27-42(36)40)51(39-25-28-46-47-26-21-33-10-2-6-14-43(33)50(47)52-49(46)31-39)37-22-19-34(20-23-37)48-30-35-11-3-5-13-41(35)44-15-7-8-16-45(44)48/h1-31H. The van der Waals surface area contributed by atoms with Gasteiger partial charge in [0.1, 0.15) is 11.2 Å². The van der Waals surface area contributed by atoms with Crippen LogP contribution in [0.5, 0.6) is 0 Å². The molecule has 11 aromatic rings. The molecule has 0 radical (unpaired) electrons. The molecule has 0 saturated carbocycles. The van der Waals surface area contributed by atoms with Crippen LogP contribution in [0.4, 0.5) is 17.1 Å². The van der Waals surface area contributed by atoms with Gasteiger partial charge >= 0.3 is 0 Å². The summed E-state index contributed by atoms with van der Waals surface area (Å²) >= 11 is 0. The third-order valence-corrected chi connectivity index (χ3v) is 10.8. The highest BCUT2D eigenvalue weighted by atomic mass is 16.3. The van der Waals surface area contributed by atoms with E-state index in [1.807, 2.05) is 0 Å². The lowest BCUT2D eigenvalue weighted by atomic mass is 9.93. The van der Waals surface area contributed by atoms with Crippen LogP contribution in [-0.2, 0) is 0 Å². The molecule has 2 heteroatoms. The quantitative estimate of drug-likeness (QED) is 0.175. The van der Waals surface area contributed by atoms with Gasteiger partial charge in [0.2, 0.25) is 0 Å². The molecular weight excluding hydrogens is 631 g/mol. The number of nitrogens with zero attached hydrogens (tertiary/aromatic N) is 1. The molecule has 0 aliphatic heterocycles. The SMILES string of the molecule is c1ccc2c(c1)ccc1cc(N(c3ccc(-c4cc5ccccc5c5ccccc45)cc3)c3ccc4c(c3)oc3c5ccccc5ccc43)ccc12. The van der Waals surface area contributed by atoms with Crippen molar-refractivity contribution in [3.8, 4) is 11.1 Å². The Morgan fingerprint density at radius 1 is 0.308 bits per heavy atom. The van der Waals surface area contributed by atoms with Crippen molar-refractivity contribution in [1.29, 1.82) is 0 Å². The molecule has 52 heavy (non-hydrogen) atoms. The zero-order valence-corrected chi connectivity index (χ0v) is 28.3. The Hall–Kier alpha value is -6.90. The first-order chi connectivity index (χ1) is 25.8. The Labute approximate surface area is 300 Å². The predicted molar refractivity (Wildman–Crippen MR) is 221 cm³/mol. The number of fused-ring (bicyclic) bond motifs is 11. The molecule has 0 amide bonds. The van der Waals surface area contributed by atoms with Gasteiger partial charge in [-0.1, -0.05) is 133 Å². The normalized spacial score (nSPS) is 11.8. The minimum atomic E-state index is 0.875. The third kappa shape index (κ3) is 4.44. The van der Waals surface area contributed by atoms with Crippen molar-refractivity contribution in [1.82, 2.24) is 0 Å². The first-order valence-corrected chi connectivity index (χ1v) is 17.8. The molecule has 10 aromatic carbocycles. The van der Waals surface area contributed by atoms with Gasteiger partial charge < -0.3 is 9.32 Å². The van der Waals surface area contributed by atoms with Gasteiger partial charge in [-0.05, 0) is 108 Å². The van der Waals surface area contributed by atoms with Gasteiger partial charge in [0.15, 0.2) is 0 Å². The number of rotatable bonds is 4. The zero-order valence-electron chi connectivity index (χ0n) is 28.3. The molecule has 0 bridgehead atoms. The Morgan fingerprint density at radius 3 is 1.60 bits per heavy atom. The summed E-state index contributed by atoms with van der Waals surface area (Å²) in [6.45, 7) is 0. The number of benzene rings is 10. The summed E-state index contributed by atoms with van der Waals surface area (Å²) < 4.78 is 6.67. The highest BCUT2D eigenvalue weighted by Crippen LogP contribution is 2.42. The molecule has 1 aromatic heterocycles. The molecule has 242 valence electrons. The average Bonchev–Trinajstić information content (AvgIpc) is 3.59. The summed E-state index contributed by atoms with van der Waals surface area (Å²) in [5.74, 6) is 0. The summed E-state index contributed by atoms with van der Waals surface area (Å²) in [7, 11) is 0. The van der Waals surface area contributed by atoms with Crippen LogP contribution in [0, 0.1) is 0 Å². The Balaban J connectivity index is 1.09. The number of furan rings is 1. The van der Waals surface area contributed by atoms with Gasteiger partial charge in [-0.25, -0.2) is 0 Å². The van der Waals surface area contributed by atoms with Gasteiger partial charge in [0, 0.05) is 39.3 Å². The lowest BCUT2D eigenvalue weighted by Gasteiger charge is -2.26. The van der Waals surface area contributed by atoms with Gasteiger partial charge in [0.25, 0.3) is 0 Å². The number of anilines is 3. The minimum Gasteiger partial charge on any atom is -0.455 e. The van der Waals surface area contributed by atoms with Crippen LogP contribution in [-0.4, -0.2) is 0 Å². The molecule has 0 fully saturated rings. The van der Waals surface area contributed by atoms with E-state index in [1.165, 1.54) is 59.6 Å². The fraction of sp³-hybridized carbons (Fsp3) is 0. The van der Waals surface area contributed by atoms with Gasteiger partial charge in [-0.3, -0.25) is 0 Å². The van der Waals surface area contributed by atoms with E-state index in [0.717, 1.165) is 44.4 Å². The molecule has 0 N–H and O–H groups in total. The van der Waals surface area contributed by atoms with Crippen LogP contribution in [0.15, 0.2) is 192 Å². The molecule has 0 atom stereocenters. The Morgan fingerprint density at radius 2 is 0.808 bits per heavy atom. The Kier molecular flexibility index (Phi) is 6.28. The van der Waals surface area contributed by atoms with E-state index in [4.69, 9.17) is 4.42 Å². The van der Waals surface area contributed by atoms with E-state index in [9.17, 15) is 0 Å². The van der Waals surface area contributed by atoms with Crippen LogP contribution in [0.25, 0.3) is 86.9 Å². The summed E-state index contributed by atoms with van der Waals surface area (Å²) in [6.07, 6.45) is 0. The molecular formula is C50H31NO. The van der Waals surface area contributed by atoms with Crippen LogP contribution in [0.3, 0.4) is 0 Å². The van der Waals surface area contributed by atoms with Crippen molar-refractivity contribution in [3.63, 3.8) is 0 Å². The number of hydrogen-bond donors (Lipinski definition) is 0. The molecule has 0 aliphatic rings. The molecule has 2 nitrogen and oxygen atoms in total. The van der Waals surface area contributed by atoms with Crippen molar-refractivity contribution < 1.29 is 4.42 Å². The van der Waals surface area contributed by atoms with E-state index >= 15 is 0 Å². The topological polar surface area (TPSA) is 16.4 Å². The minimum absolute atomic E-state index is 0.875. The van der Waals surface area contributed by atoms with E-state index in [1.54, 1.807) is 0 Å². The largest absolute Gasteiger partial charge is 0.455 e. The van der Waals surface area contributed by atoms with Crippen LogP contribution < -0.4 is 4.90 Å². The van der Waals surface area contributed by atoms with Crippen molar-refractivity contribution in [2.45, 2.75) is 0 Å². The highest BCUT2D eigenvalue weighted by molar-refractivity contribution is 6.16. The fourth-order valence-corrected chi connectivity index (χ4v) is 8.30. The highest BCUT2D eigenvalue weighted by Gasteiger charge is 2.18. The fourth-order valence-electron chi connectivity index (χ4n) is 8.30. The molecule has 0 saturated heterocycles. The first-order valence-electron chi connectivity index (χ1n) is 17.8. The first kappa shape index (κ1) is 28.9. The predicted octanol–water partition coefficient (Wildman–Crippen LogP) is 14.5. The lowest BCUT2D eigenvalue weighted by Crippen LogP contribution is -2.09. The maximum absolute atomic E-state index is 6.67. The molecule has 11 rings (SSSR count). The summed E-state index contributed by atoms with van der Waals surface area (Å²) in [5, 5.41) is 14.6. The zero-order chi connectivity index (χ0) is 34.2. The van der Waals surface area contributed by atoms with Crippen LogP contribution in [0.2, 0.25) is 0 Å². The van der Waals surface area contributed by atoms with Crippen LogP contribution in [0.1, 0.15) is 0 Å². The van der Waals surface area contributed by atoms with E-state index in [0.29, 0.717) is 0 Å². The van der Waals surface area contributed by atoms with E-state index in [-0.39, 0.29) is 0 Å². The van der Waals surface area contributed by atoms with Crippen molar-refractivity contribution in [2.75, 3.05) is 4.90 Å². The van der Waals surface area contributed by atoms with Crippen molar-refractivity contribution >= 4 is 92.9 Å². The summed E-state index contributed by atoms with van der Waals surface area (Å²) in [4.78, 5) is 2.35. The maximum Gasteiger partial charge on any atom is 0.143 e. The summed E-state index contributed by atoms with van der Waals surface area (Å²) in [5.41, 5.74) is 7.44. The third-order valence-electron chi connectivity index (χ3n) is 10.8. The second kappa shape index (κ2) is 11.3. The second-order valence-electron chi connectivity index (χ2n) is 13.7. The number of hydrogen-bond acceptors (Lipinski definition) is 2. The van der Waals surface area contributed by atoms with E-state index < -0.39 is 0 Å². The van der Waals surface area contributed by atoms with Gasteiger partial charge in [0.05, 0.1) is 0 Å². The summed E-state index contributed by atoms with van der Waals surface area (Å²) in [6, 6.07) is 68.1. The van der Waals surface area contributed by atoms with Gasteiger partial charge in [-0.2, -0.15) is 0 Å². The smallest absolute Gasteiger partial charge is 0.143 e. The second-order valence-corrected chi connectivity index (χ2v) is 13.7. The lowest BCUT2D eigenvalue weighted by molar-refractivity contribution is 0.672. The van der Waals surface area contributed by atoms with Gasteiger partial charge in [-0.15, -0.1) is 0 Å². The maximum atomic E-state index is 6.67. The Bertz CT molecular complexity index is 3190. The molecule has 0 unspecified atom stereocenters. The molecule has 0 aliphatic carbocycles. The average molecular weight is 662 g/mol. The van der Waals surface area contributed by atoms with Crippen molar-refractivity contribution in [2.24, 2.45) is 0 Å². The van der Waals surface area contributed by atoms with Crippen LogP contribution >= 0.6 is 0 Å².